The molecule has 1 N–H and O–H groups in total. The molecule has 2 fully saturated rings. The number of piperidine rings is 1. The van der Waals surface area contributed by atoms with Crippen molar-refractivity contribution in [2.75, 3.05) is 13.1 Å². The monoisotopic (exact) mass is 239 g/mol. The third-order valence-corrected chi connectivity index (χ3v) is 4.40. The number of nitrogens with zero attached hydrogens (tertiary/aromatic N) is 1. The quantitative estimate of drug-likeness (QED) is 0.820. The highest BCUT2D eigenvalue weighted by molar-refractivity contribution is 5.79. The maximum atomic E-state index is 12.0. The summed E-state index contributed by atoms with van der Waals surface area (Å²) in [7, 11) is 0. The maximum absolute atomic E-state index is 12.0. The minimum atomic E-state index is -0.301. The summed E-state index contributed by atoms with van der Waals surface area (Å²) in [6.45, 7) is 3.41. The lowest BCUT2D eigenvalue weighted by molar-refractivity contribution is -0.140. The first-order chi connectivity index (χ1) is 8.18. The van der Waals surface area contributed by atoms with E-state index in [9.17, 15) is 9.90 Å². The second-order valence-electron chi connectivity index (χ2n) is 5.79. The molecule has 1 aliphatic heterocycles. The molecule has 98 valence electrons. The van der Waals surface area contributed by atoms with Gasteiger partial charge in [-0.1, -0.05) is 26.2 Å². The molecule has 0 spiro atoms. The predicted octanol–water partition coefficient (Wildman–Crippen LogP) is 2.19. The van der Waals surface area contributed by atoms with Gasteiger partial charge in [-0.15, -0.1) is 0 Å². The van der Waals surface area contributed by atoms with E-state index in [0.717, 1.165) is 32.2 Å². The van der Waals surface area contributed by atoms with E-state index in [1.165, 1.54) is 19.3 Å². The first kappa shape index (κ1) is 12.9. The fraction of sp³-hybridized carbons (Fsp3) is 0.929. The number of aliphatic hydroxyl groups is 1. The summed E-state index contributed by atoms with van der Waals surface area (Å²) in [5.74, 6) is 0.821. The Hall–Kier alpha value is -0.570. The third kappa shape index (κ3) is 3.21. The van der Waals surface area contributed by atoms with E-state index in [0.29, 0.717) is 12.5 Å². The number of rotatable bonds is 3. The van der Waals surface area contributed by atoms with Crippen LogP contribution in [0.25, 0.3) is 0 Å². The lowest BCUT2D eigenvalue weighted by Crippen LogP contribution is -2.46. The highest BCUT2D eigenvalue weighted by Gasteiger charge is 2.29. The topological polar surface area (TPSA) is 40.5 Å². The normalized spacial score (nSPS) is 29.4. The summed E-state index contributed by atoms with van der Waals surface area (Å²) >= 11 is 0. The van der Waals surface area contributed by atoms with Crippen LogP contribution in [0.5, 0.6) is 0 Å². The van der Waals surface area contributed by atoms with Gasteiger partial charge in [-0.2, -0.15) is 0 Å². The van der Waals surface area contributed by atoms with Crippen LogP contribution in [-0.4, -0.2) is 35.1 Å². The van der Waals surface area contributed by atoms with Crippen molar-refractivity contribution in [3.05, 3.63) is 0 Å². The highest BCUT2D eigenvalue weighted by Crippen LogP contribution is 2.27. The molecule has 1 saturated carbocycles. The average Bonchev–Trinajstić information content (AvgIpc) is 2.36. The van der Waals surface area contributed by atoms with E-state index < -0.39 is 0 Å². The second-order valence-corrected chi connectivity index (χ2v) is 5.79. The van der Waals surface area contributed by atoms with Crippen molar-refractivity contribution >= 4 is 5.91 Å². The van der Waals surface area contributed by atoms with E-state index in [2.05, 4.69) is 0 Å². The molecule has 1 aliphatic carbocycles. The molecular formula is C14H25NO2. The van der Waals surface area contributed by atoms with Crippen molar-refractivity contribution < 1.29 is 9.90 Å². The third-order valence-electron chi connectivity index (χ3n) is 4.40. The van der Waals surface area contributed by atoms with Crippen molar-refractivity contribution in [3.63, 3.8) is 0 Å². The fourth-order valence-corrected chi connectivity index (χ4v) is 3.21. The Kier molecular flexibility index (Phi) is 4.43. The molecule has 17 heavy (non-hydrogen) atoms. The summed E-state index contributed by atoms with van der Waals surface area (Å²) < 4.78 is 0. The lowest BCUT2D eigenvalue weighted by atomic mass is 9.85. The molecule has 2 aliphatic rings. The molecule has 3 heteroatoms. The van der Waals surface area contributed by atoms with Gasteiger partial charge >= 0.3 is 0 Å². The summed E-state index contributed by atoms with van der Waals surface area (Å²) in [4.78, 5) is 13.8. The molecule has 3 nitrogen and oxygen atoms in total. The van der Waals surface area contributed by atoms with Gasteiger partial charge in [0.05, 0.1) is 6.10 Å². The van der Waals surface area contributed by atoms with Crippen LogP contribution in [0, 0.1) is 11.8 Å². The average molecular weight is 239 g/mol. The number of amides is 1. The number of carbonyl (C=O) groups is 1. The largest absolute Gasteiger partial charge is 0.391 e. The molecule has 2 atom stereocenters. The molecule has 1 saturated heterocycles. The smallest absolute Gasteiger partial charge is 0.225 e. The van der Waals surface area contributed by atoms with E-state index in [1.807, 2.05) is 11.8 Å². The van der Waals surface area contributed by atoms with Crippen LogP contribution in [0.2, 0.25) is 0 Å². The SMILES string of the molecule is CC1CCCN(CC(O)C2CCCCC2)C1=O. The Morgan fingerprint density at radius 3 is 2.65 bits per heavy atom. The van der Waals surface area contributed by atoms with Crippen molar-refractivity contribution in [2.45, 2.75) is 58.0 Å². The molecule has 1 heterocycles. The van der Waals surface area contributed by atoms with E-state index in [4.69, 9.17) is 0 Å². The van der Waals surface area contributed by atoms with Crippen molar-refractivity contribution in [2.24, 2.45) is 11.8 Å². The first-order valence-electron chi connectivity index (χ1n) is 7.15. The molecule has 2 unspecified atom stereocenters. The predicted molar refractivity (Wildman–Crippen MR) is 67.6 cm³/mol. The number of likely N-dealkylation sites (tertiary alicyclic amines) is 1. The zero-order chi connectivity index (χ0) is 12.3. The fourth-order valence-electron chi connectivity index (χ4n) is 3.21. The van der Waals surface area contributed by atoms with E-state index >= 15 is 0 Å². The van der Waals surface area contributed by atoms with Crippen LogP contribution in [0.15, 0.2) is 0 Å². The van der Waals surface area contributed by atoms with Gasteiger partial charge in [0.2, 0.25) is 5.91 Å². The van der Waals surface area contributed by atoms with Gasteiger partial charge in [0.25, 0.3) is 0 Å². The molecule has 0 bridgehead atoms. The van der Waals surface area contributed by atoms with Gasteiger partial charge in [-0.25, -0.2) is 0 Å². The molecular weight excluding hydrogens is 214 g/mol. The number of aliphatic hydroxyl groups excluding tert-OH is 1. The van der Waals surface area contributed by atoms with Gasteiger partial charge in [-0.05, 0) is 31.6 Å². The van der Waals surface area contributed by atoms with Crippen molar-refractivity contribution in [3.8, 4) is 0 Å². The Labute approximate surface area is 104 Å². The molecule has 0 radical (unpaired) electrons. The number of β-amino-alcohol motifs (C(OH)–C–C–N with tert-alkyl or cyclic N) is 1. The van der Waals surface area contributed by atoms with Crippen molar-refractivity contribution in [1.29, 1.82) is 0 Å². The van der Waals surface area contributed by atoms with Crippen LogP contribution in [-0.2, 0) is 4.79 Å². The van der Waals surface area contributed by atoms with Crippen LogP contribution >= 0.6 is 0 Å². The number of carbonyl (C=O) groups excluding carboxylic acids is 1. The minimum absolute atomic E-state index is 0.155. The number of hydrogen-bond acceptors (Lipinski definition) is 2. The van der Waals surface area contributed by atoms with Crippen LogP contribution < -0.4 is 0 Å². The second kappa shape index (κ2) is 5.85. The zero-order valence-corrected chi connectivity index (χ0v) is 10.9. The first-order valence-corrected chi connectivity index (χ1v) is 7.15. The lowest BCUT2D eigenvalue weighted by Gasteiger charge is -2.35. The Bertz CT molecular complexity index is 261. The summed E-state index contributed by atoms with van der Waals surface area (Å²) in [5, 5.41) is 10.2. The summed E-state index contributed by atoms with van der Waals surface area (Å²) in [5.41, 5.74) is 0. The Balaban J connectivity index is 1.84. The van der Waals surface area contributed by atoms with Crippen molar-refractivity contribution in [1.82, 2.24) is 4.90 Å². The van der Waals surface area contributed by atoms with Crippen LogP contribution in [0.1, 0.15) is 51.9 Å². The Morgan fingerprint density at radius 1 is 1.24 bits per heavy atom. The summed E-state index contributed by atoms with van der Waals surface area (Å²) in [6, 6.07) is 0. The van der Waals surface area contributed by atoms with Gasteiger partial charge < -0.3 is 10.0 Å². The molecule has 1 amide bonds. The maximum Gasteiger partial charge on any atom is 0.225 e. The minimum Gasteiger partial charge on any atom is -0.391 e. The zero-order valence-electron chi connectivity index (χ0n) is 10.9. The van der Waals surface area contributed by atoms with Crippen LogP contribution in [0.3, 0.4) is 0 Å². The summed E-state index contributed by atoms with van der Waals surface area (Å²) in [6.07, 6.45) is 7.86. The van der Waals surface area contributed by atoms with Gasteiger partial charge in [0.1, 0.15) is 0 Å². The Morgan fingerprint density at radius 2 is 1.94 bits per heavy atom. The molecule has 0 aromatic heterocycles. The number of hydrogen-bond donors (Lipinski definition) is 1. The van der Waals surface area contributed by atoms with E-state index in [-0.39, 0.29) is 17.9 Å². The molecule has 2 rings (SSSR count). The van der Waals surface area contributed by atoms with Crippen LogP contribution in [0.4, 0.5) is 0 Å². The van der Waals surface area contributed by atoms with Gasteiger partial charge in [-0.3, -0.25) is 4.79 Å². The molecule has 0 aromatic carbocycles. The highest BCUT2D eigenvalue weighted by atomic mass is 16.3. The molecule has 0 aromatic rings. The van der Waals surface area contributed by atoms with E-state index in [1.54, 1.807) is 0 Å². The van der Waals surface area contributed by atoms with Gasteiger partial charge in [0, 0.05) is 19.0 Å². The van der Waals surface area contributed by atoms with Gasteiger partial charge in [0.15, 0.2) is 0 Å². The standard InChI is InChI=1S/C14H25NO2/c1-11-6-5-9-15(14(11)17)10-13(16)12-7-3-2-4-8-12/h11-13,16H,2-10H2,1H3.